The van der Waals surface area contributed by atoms with Crippen molar-refractivity contribution in [2.75, 3.05) is 18.9 Å². The summed E-state index contributed by atoms with van der Waals surface area (Å²) in [5, 5.41) is 2.92. The Balaban J connectivity index is 1.88. The van der Waals surface area contributed by atoms with Gasteiger partial charge in [0, 0.05) is 31.7 Å². The topological polar surface area (TPSA) is 45.2 Å². The van der Waals surface area contributed by atoms with Crippen LogP contribution in [0.4, 0.5) is 10.5 Å². The molecule has 0 bridgehead atoms. The summed E-state index contributed by atoms with van der Waals surface area (Å²) in [7, 11) is 1.80. The molecule has 0 aliphatic carbocycles. The van der Waals surface area contributed by atoms with Gasteiger partial charge < -0.3 is 10.2 Å². The molecule has 2 rings (SSSR count). The van der Waals surface area contributed by atoms with Gasteiger partial charge in [-0.3, -0.25) is 4.98 Å². The molecule has 1 aromatic heterocycles. The van der Waals surface area contributed by atoms with Gasteiger partial charge in [0.25, 0.3) is 0 Å². The molecule has 0 spiro atoms. The van der Waals surface area contributed by atoms with Crippen molar-refractivity contribution in [3.8, 4) is 0 Å². The lowest BCUT2D eigenvalue weighted by molar-refractivity contribution is 0.223. The first kappa shape index (κ1) is 14.1. The number of nitrogens with one attached hydrogen (secondary N) is 1. The Morgan fingerprint density at radius 2 is 1.90 bits per heavy atom. The highest BCUT2D eigenvalue weighted by Crippen LogP contribution is 2.13. The fourth-order valence-electron chi connectivity index (χ4n) is 1.87. The molecule has 4 nitrogen and oxygen atoms in total. The molecule has 2 amide bonds. The van der Waals surface area contributed by atoms with Gasteiger partial charge >= 0.3 is 6.03 Å². The number of para-hydroxylation sites is 1. The molecule has 104 valence electrons. The molecule has 1 heterocycles. The molecule has 1 N–H and O–H groups in total. The van der Waals surface area contributed by atoms with Gasteiger partial charge in [0.15, 0.2) is 0 Å². The summed E-state index contributed by atoms with van der Waals surface area (Å²) in [6.45, 7) is 2.65. The molecule has 0 unspecified atom stereocenters. The van der Waals surface area contributed by atoms with Crippen LogP contribution in [0, 0.1) is 6.92 Å². The lowest BCUT2D eigenvalue weighted by atomic mass is 10.2. The zero-order valence-corrected chi connectivity index (χ0v) is 11.8. The van der Waals surface area contributed by atoms with Crippen LogP contribution in [-0.4, -0.2) is 29.5 Å². The van der Waals surface area contributed by atoms with E-state index in [4.69, 9.17) is 0 Å². The average molecular weight is 269 g/mol. The molecule has 1 aromatic carbocycles. The number of aromatic nitrogens is 1. The number of carbonyl (C=O) groups excluding carboxylic acids is 1. The first-order chi connectivity index (χ1) is 9.66. The molecule has 0 atom stereocenters. The van der Waals surface area contributed by atoms with E-state index >= 15 is 0 Å². The van der Waals surface area contributed by atoms with Gasteiger partial charge in [-0.25, -0.2) is 4.79 Å². The minimum Gasteiger partial charge on any atom is -0.327 e. The maximum atomic E-state index is 12.1. The van der Waals surface area contributed by atoms with Gasteiger partial charge in [0.05, 0.1) is 0 Å². The molecule has 0 saturated heterocycles. The van der Waals surface area contributed by atoms with E-state index in [1.54, 1.807) is 24.3 Å². The molecule has 20 heavy (non-hydrogen) atoms. The largest absolute Gasteiger partial charge is 0.327 e. The van der Waals surface area contributed by atoms with Crippen LogP contribution in [-0.2, 0) is 6.42 Å². The monoisotopic (exact) mass is 269 g/mol. The quantitative estimate of drug-likeness (QED) is 0.927. The van der Waals surface area contributed by atoms with Gasteiger partial charge in [0.2, 0.25) is 0 Å². The third-order valence-corrected chi connectivity index (χ3v) is 3.22. The molecule has 2 aromatic rings. The summed E-state index contributed by atoms with van der Waals surface area (Å²) in [4.78, 5) is 17.8. The van der Waals surface area contributed by atoms with Crippen LogP contribution in [0.5, 0.6) is 0 Å². The van der Waals surface area contributed by atoms with Gasteiger partial charge in [-0.2, -0.15) is 0 Å². The van der Waals surface area contributed by atoms with Crippen LogP contribution >= 0.6 is 0 Å². The Labute approximate surface area is 119 Å². The van der Waals surface area contributed by atoms with E-state index < -0.39 is 0 Å². The van der Waals surface area contributed by atoms with E-state index in [2.05, 4.69) is 10.3 Å². The normalized spacial score (nSPS) is 10.1. The number of carbonyl (C=O) groups is 1. The van der Waals surface area contributed by atoms with Crippen molar-refractivity contribution in [2.24, 2.45) is 0 Å². The lowest BCUT2D eigenvalue weighted by Crippen LogP contribution is -2.33. The standard InChI is InChI=1S/C16H19N3O/c1-13-5-3-4-6-15(13)18-16(20)19(2)12-9-14-7-10-17-11-8-14/h3-8,10-11H,9,12H2,1-2H3,(H,18,20). The fourth-order valence-corrected chi connectivity index (χ4v) is 1.87. The predicted molar refractivity (Wildman–Crippen MR) is 80.8 cm³/mol. The highest BCUT2D eigenvalue weighted by Gasteiger charge is 2.09. The molecular weight excluding hydrogens is 250 g/mol. The Hall–Kier alpha value is -2.36. The lowest BCUT2D eigenvalue weighted by Gasteiger charge is -2.18. The second-order valence-electron chi connectivity index (χ2n) is 4.77. The number of hydrogen-bond acceptors (Lipinski definition) is 2. The second kappa shape index (κ2) is 6.70. The Bertz CT molecular complexity index is 569. The van der Waals surface area contributed by atoms with Crippen molar-refractivity contribution in [1.29, 1.82) is 0 Å². The van der Waals surface area contributed by atoms with Crippen LogP contribution in [0.25, 0.3) is 0 Å². The van der Waals surface area contributed by atoms with Gasteiger partial charge in [-0.1, -0.05) is 18.2 Å². The van der Waals surface area contributed by atoms with Gasteiger partial charge in [-0.05, 0) is 42.7 Å². The molecule has 0 aliphatic heterocycles. The summed E-state index contributed by atoms with van der Waals surface area (Å²) in [6.07, 6.45) is 4.35. The number of likely N-dealkylation sites (N-methyl/N-ethyl adjacent to an activating group) is 1. The molecule has 0 fully saturated rings. The average Bonchev–Trinajstić information content (AvgIpc) is 2.48. The first-order valence-electron chi connectivity index (χ1n) is 6.63. The molecule has 0 aliphatic rings. The highest BCUT2D eigenvalue weighted by molar-refractivity contribution is 5.89. The Kier molecular flexibility index (Phi) is 4.71. The number of amides is 2. The van der Waals surface area contributed by atoms with Crippen molar-refractivity contribution in [3.05, 3.63) is 59.9 Å². The predicted octanol–water partition coefficient (Wildman–Crippen LogP) is 3.10. The Morgan fingerprint density at radius 1 is 1.20 bits per heavy atom. The number of anilines is 1. The number of rotatable bonds is 4. The summed E-state index contributed by atoms with van der Waals surface area (Å²) >= 11 is 0. The number of hydrogen-bond donors (Lipinski definition) is 1. The Morgan fingerprint density at radius 3 is 2.60 bits per heavy atom. The zero-order valence-electron chi connectivity index (χ0n) is 11.8. The highest BCUT2D eigenvalue weighted by atomic mass is 16.2. The molecular formula is C16H19N3O. The minimum absolute atomic E-state index is 0.0895. The number of pyridine rings is 1. The van der Waals surface area contributed by atoms with Crippen LogP contribution in [0.3, 0.4) is 0 Å². The zero-order chi connectivity index (χ0) is 14.4. The van der Waals surface area contributed by atoms with Crippen molar-refractivity contribution >= 4 is 11.7 Å². The van der Waals surface area contributed by atoms with E-state index in [9.17, 15) is 4.79 Å². The van der Waals surface area contributed by atoms with E-state index in [0.29, 0.717) is 6.54 Å². The van der Waals surface area contributed by atoms with Crippen LogP contribution < -0.4 is 5.32 Å². The third-order valence-electron chi connectivity index (χ3n) is 3.22. The third kappa shape index (κ3) is 3.82. The minimum atomic E-state index is -0.0895. The van der Waals surface area contributed by atoms with E-state index in [1.807, 2.05) is 43.3 Å². The van der Waals surface area contributed by atoms with Crippen LogP contribution in [0.15, 0.2) is 48.8 Å². The second-order valence-corrected chi connectivity index (χ2v) is 4.77. The summed E-state index contributed by atoms with van der Waals surface area (Å²) in [5.41, 5.74) is 3.09. The number of benzene rings is 1. The fraction of sp³-hybridized carbons (Fsp3) is 0.250. The van der Waals surface area contributed by atoms with E-state index in [-0.39, 0.29) is 6.03 Å². The maximum absolute atomic E-state index is 12.1. The van der Waals surface area contributed by atoms with E-state index in [1.165, 1.54) is 5.56 Å². The van der Waals surface area contributed by atoms with Gasteiger partial charge in [-0.15, -0.1) is 0 Å². The van der Waals surface area contributed by atoms with Crippen molar-refractivity contribution in [1.82, 2.24) is 9.88 Å². The summed E-state index contributed by atoms with van der Waals surface area (Å²) in [5.74, 6) is 0. The molecule has 0 radical (unpaired) electrons. The van der Waals surface area contributed by atoms with Crippen molar-refractivity contribution in [2.45, 2.75) is 13.3 Å². The first-order valence-corrected chi connectivity index (χ1v) is 6.63. The van der Waals surface area contributed by atoms with E-state index in [0.717, 1.165) is 17.7 Å². The SMILES string of the molecule is Cc1ccccc1NC(=O)N(C)CCc1ccncc1. The molecule has 0 saturated carbocycles. The van der Waals surface area contributed by atoms with Gasteiger partial charge in [0.1, 0.15) is 0 Å². The number of aryl methyl sites for hydroxylation is 1. The maximum Gasteiger partial charge on any atom is 0.321 e. The molecule has 4 heteroatoms. The van der Waals surface area contributed by atoms with Crippen molar-refractivity contribution < 1.29 is 4.79 Å². The number of urea groups is 1. The smallest absolute Gasteiger partial charge is 0.321 e. The van der Waals surface area contributed by atoms with Crippen LogP contribution in [0.1, 0.15) is 11.1 Å². The van der Waals surface area contributed by atoms with Crippen LogP contribution in [0.2, 0.25) is 0 Å². The summed E-state index contributed by atoms with van der Waals surface area (Å²) < 4.78 is 0. The summed E-state index contributed by atoms with van der Waals surface area (Å²) in [6, 6.07) is 11.6. The van der Waals surface area contributed by atoms with Crippen molar-refractivity contribution in [3.63, 3.8) is 0 Å². The number of nitrogens with zero attached hydrogens (tertiary/aromatic N) is 2.